The molecule has 0 aliphatic rings. The molecule has 0 saturated heterocycles. The summed E-state index contributed by atoms with van der Waals surface area (Å²) in [6.45, 7) is 0. The summed E-state index contributed by atoms with van der Waals surface area (Å²) in [5.41, 5.74) is 1.37. The summed E-state index contributed by atoms with van der Waals surface area (Å²) in [7, 11) is 0. The number of aromatic nitrogens is 2. The second-order valence-electron chi connectivity index (χ2n) is 2.89. The van der Waals surface area contributed by atoms with Crippen molar-refractivity contribution < 1.29 is 9.90 Å². The number of imidazole rings is 1. The summed E-state index contributed by atoms with van der Waals surface area (Å²) in [5, 5.41) is 9.09. The van der Waals surface area contributed by atoms with Crippen molar-refractivity contribution >= 4 is 28.6 Å². The number of nitrogens with one attached hydrogen (secondary N) is 1. The highest BCUT2D eigenvalue weighted by Crippen LogP contribution is 2.20. The number of aliphatic carboxylic acids is 1. The number of carboxylic acids is 1. The summed E-state index contributed by atoms with van der Waals surface area (Å²) in [6, 6.07) is 5.31. The third-order valence-electron chi connectivity index (χ3n) is 1.83. The first kappa shape index (κ1) is 9.02. The van der Waals surface area contributed by atoms with Gasteiger partial charge < -0.3 is 10.1 Å². The normalized spacial score (nSPS) is 10.6. The molecule has 0 radical (unpaired) electrons. The maximum atomic E-state index is 10.4. The van der Waals surface area contributed by atoms with Crippen molar-refractivity contribution in [2.24, 2.45) is 0 Å². The molecule has 0 amide bonds. The largest absolute Gasteiger partial charge is 0.481 e. The van der Waals surface area contributed by atoms with Gasteiger partial charge in [0.15, 0.2) is 0 Å². The lowest BCUT2D eigenvalue weighted by molar-refractivity contribution is -0.136. The molecule has 1 heterocycles. The average Bonchev–Trinajstić information content (AvgIpc) is 2.47. The zero-order valence-corrected chi connectivity index (χ0v) is 7.88. The minimum Gasteiger partial charge on any atom is -0.481 e. The molecule has 0 unspecified atom stereocenters. The number of aromatic amines is 1. The molecule has 0 saturated carbocycles. The van der Waals surface area contributed by atoms with Crippen LogP contribution in [-0.4, -0.2) is 21.0 Å². The van der Waals surface area contributed by atoms with Gasteiger partial charge in [-0.15, -0.1) is 0 Å². The maximum absolute atomic E-state index is 10.4. The molecule has 2 rings (SSSR count). The first-order chi connectivity index (χ1) is 6.66. The number of H-pyrrole nitrogens is 1. The van der Waals surface area contributed by atoms with Gasteiger partial charge in [-0.25, -0.2) is 4.98 Å². The highest BCUT2D eigenvalue weighted by Gasteiger charge is 2.08. The maximum Gasteiger partial charge on any atom is 0.311 e. The van der Waals surface area contributed by atoms with Crippen LogP contribution in [0.3, 0.4) is 0 Å². The molecule has 1 aromatic heterocycles. The van der Waals surface area contributed by atoms with E-state index in [1.807, 2.05) is 0 Å². The molecule has 5 heteroatoms. The minimum absolute atomic E-state index is 0.120. The van der Waals surface area contributed by atoms with Gasteiger partial charge >= 0.3 is 5.97 Å². The lowest BCUT2D eigenvalue weighted by Crippen LogP contribution is -2.01. The number of para-hydroxylation sites is 1. The van der Waals surface area contributed by atoms with Crippen LogP contribution in [0.25, 0.3) is 11.0 Å². The van der Waals surface area contributed by atoms with E-state index in [4.69, 9.17) is 16.7 Å². The molecular formula is C9H7ClN2O2. The fourth-order valence-electron chi connectivity index (χ4n) is 1.28. The second-order valence-corrected chi connectivity index (χ2v) is 3.30. The van der Waals surface area contributed by atoms with E-state index in [2.05, 4.69) is 9.97 Å². The van der Waals surface area contributed by atoms with E-state index in [9.17, 15) is 4.79 Å². The van der Waals surface area contributed by atoms with Crippen LogP contribution < -0.4 is 0 Å². The summed E-state index contributed by atoms with van der Waals surface area (Å²) in [4.78, 5) is 17.4. The molecule has 4 nitrogen and oxygen atoms in total. The molecule has 72 valence electrons. The van der Waals surface area contributed by atoms with E-state index < -0.39 is 5.97 Å². The molecule has 0 aliphatic heterocycles. The zero-order chi connectivity index (χ0) is 10.1. The van der Waals surface area contributed by atoms with Crippen LogP contribution >= 0.6 is 11.6 Å². The van der Waals surface area contributed by atoms with Gasteiger partial charge in [0.05, 0.1) is 10.5 Å². The Bertz CT molecular complexity index is 493. The van der Waals surface area contributed by atoms with Crippen LogP contribution in [0.2, 0.25) is 5.02 Å². The quantitative estimate of drug-likeness (QED) is 0.795. The lowest BCUT2D eigenvalue weighted by atomic mass is 10.3. The highest BCUT2D eigenvalue weighted by atomic mass is 35.5. The standard InChI is InChI=1S/C9H7ClN2O2/c10-5-2-1-3-6-9(5)12-7(11-6)4-8(13)14/h1-3H,4H2,(H,11,12)(H,13,14). The van der Waals surface area contributed by atoms with Gasteiger partial charge in [0, 0.05) is 0 Å². The van der Waals surface area contributed by atoms with Crippen molar-refractivity contribution in [1.29, 1.82) is 0 Å². The lowest BCUT2D eigenvalue weighted by Gasteiger charge is -1.88. The smallest absolute Gasteiger partial charge is 0.311 e. The van der Waals surface area contributed by atoms with Gasteiger partial charge in [0.2, 0.25) is 0 Å². The van der Waals surface area contributed by atoms with Crippen LogP contribution in [0, 0.1) is 0 Å². The van der Waals surface area contributed by atoms with Crippen molar-refractivity contribution in [1.82, 2.24) is 9.97 Å². The van der Waals surface area contributed by atoms with Gasteiger partial charge in [-0.05, 0) is 12.1 Å². The Morgan fingerprint density at radius 2 is 2.36 bits per heavy atom. The molecule has 0 spiro atoms. The van der Waals surface area contributed by atoms with Gasteiger partial charge in [0.1, 0.15) is 17.8 Å². The number of benzene rings is 1. The van der Waals surface area contributed by atoms with E-state index in [1.165, 1.54) is 0 Å². The Kier molecular flexibility index (Phi) is 2.13. The number of hydrogen-bond donors (Lipinski definition) is 2. The van der Waals surface area contributed by atoms with Crippen molar-refractivity contribution in [2.75, 3.05) is 0 Å². The molecule has 0 aliphatic carbocycles. The Hall–Kier alpha value is -1.55. The molecule has 0 bridgehead atoms. The minimum atomic E-state index is -0.917. The van der Waals surface area contributed by atoms with Gasteiger partial charge in [-0.2, -0.15) is 0 Å². The van der Waals surface area contributed by atoms with Gasteiger partial charge in [-0.1, -0.05) is 17.7 Å². The van der Waals surface area contributed by atoms with Crippen molar-refractivity contribution in [2.45, 2.75) is 6.42 Å². The fourth-order valence-corrected chi connectivity index (χ4v) is 1.49. The molecule has 2 N–H and O–H groups in total. The summed E-state index contributed by atoms with van der Waals surface area (Å²) < 4.78 is 0. The molecule has 1 aromatic carbocycles. The monoisotopic (exact) mass is 210 g/mol. The number of carboxylic acid groups (broad SMARTS) is 1. The topological polar surface area (TPSA) is 66.0 Å². The Balaban J connectivity index is 2.51. The first-order valence-electron chi connectivity index (χ1n) is 4.02. The number of fused-ring (bicyclic) bond motifs is 1. The molecule has 0 atom stereocenters. The predicted molar refractivity (Wildman–Crippen MR) is 52.4 cm³/mol. The molecule has 0 fully saturated rings. The number of nitrogens with zero attached hydrogens (tertiary/aromatic N) is 1. The van der Waals surface area contributed by atoms with Crippen LogP contribution in [0.4, 0.5) is 0 Å². The zero-order valence-electron chi connectivity index (χ0n) is 7.12. The fraction of sp³-hybridized carbons (Fsp3) is 0.111. The predicted octanol–water partition coefficient (Wildman–Crippen LogP) is 1.84. The Morgan fingerprint density at radius 3 is 3.00 bits per heavy atom. The van der Waals surface area contributed by atoms with E-state index in [1.54, 1.807) is 18.2 Å². The summed E-state index contributed by atoms with van der Waals surface area (Å²) >= 11 is 5.88. The number of carbonyl (C=O) groups is 1. The molecule has 14 heavy (non-hydrogen) atoms. The van der Waals surface area contributed by atoms with E-state index >= 15 is 0 Å². The van der Waals surface area contributed by atoms with Gasteiger partial charge in [0.25, 0.3) is 0 Å². The number of hydrogen-bond acceptors (Lipinski definition) is 2. The molecular weight excluding hydrogens is 204 g/mol. The average molecular weight is 211 g/mol. The first-order valence-corrected chi connectivity index (χ1v) is 4.39. The van der Waals surface area contributed by atoms with E-state index in [0.29, 0.717) is 16.4 Å². The Morgan fingerprint density at radius 1 is 1.57 bits per heavy atom. The highest BCUT2D eigenvalue weighted by molar-refractivity contribution is 6.34. The van der Waals surface area contributed by atoms with Crippen LogP contribution in [0.1, 0.15) is 5.82 Å². The van der Waals surface area contributed by atoms with E-state index in [-0.39, 0.29) is 6.42 Å². The molecule has 2 aromatic rings. The Labute approximate surface area is 84.5 Å². The van der Waals surface area contributed by atoms with E-state index in [0.717, 1.165) is 5.52 Å². The van der Waals surface area contributed by atoms with Crippen LogP contribution in [-0.2, 0) is 11.2 Å². The van der Waals surface area contributed by atoms with Crippen LogP contribution in [0.15, 0.2) is 18.2 Å². The second kappa shape index (κ2) is 3.31. The number of halogens is 1. The summed E-state index contributed by atoms with van der Waals surface area (Å²) in [6.07, 6.45) is -0.120. The SMILES string of the molecule is O=C(O)Cc1nc2c(Cl)cccc2[nH]1. The summed E-state index contributed by atoms with van der Waals surface area (Å²) in [5.74, 6) is -0.499. The van der Waals surface area contributed by atoms with Gasteiger partial charge in [-0.3, -0.25) is 4.79 Å². The van der Waals surface area contributed by atoms with Crippen molar-refractivity contribution in [3.63, 3.8) is 0 Å². The van der Waals surface area contributed by atoms with Crippen molar-refractivity contribution in [3.05, 3.63) is 29.0 Å². The third kappa shape index (κ3) is 1.56. The van der Waals surface area contributed by atoms with Crippen LogP contribution in [0.5, 0.6) is 0 Å². The third-order valence-corrected chi connectivity index (χ3v) is 2.14. The van der Waals surface area contributed by atoms with Crippen molar-refractivity contribution in [3.8, 4) is 0 Å². The number of rotatable bonds is 2.